The Kier molecular flexibility index (Phi) is 4.74. The van der Waals surface area contributed by atoms with E-state index in [1.54, 1.807) is 44.2 Å². The SMILES string of the molecule is CC(C)=C1C(=O)OC(=O)/C1=C(/C)c1c(C(F)(F)F)nn(-c2ccccc2)c1C. The predicted molar refractivity (Wildman–Crippen MR) is 95.4 cm³/mol. The third kappa shape index (κ3) is 3.15. The highest BCUT2D eigenvalue weighted by Gasteiger charge is 2.42. The van der Waals surface area contributed by atoms with E-state index in [2.05, 4.69) is 9.84 Å². The number of para-hydroxylation sites is 1. The number of carbonyl (C=O) groups is 2. The van der Waals surface area contributed by atoms with E-state index >= 15 is 0 Å². The second-order valence-corrected chi connectivity index (χ2v) is 6.61. The quantitative estimate of drug-likeness (QED) is 0.433. The lowest BCUT2D eigenvalue weighted by atomic mass is 9.93. The van der Waals surface area contributed by atoms with Crippen LogP contribution in [0.4, 0.5) is 13.2 Å². The molecule has 3 rings (SSSR count). The Labute approximate surface area is 159 Å². The normalized spacial score (nSPS) is 16.5. The minimum absolute atomic E-state index is 0.000874. The second-order valence-electron chi connectivity index (χ2n) is 6.61. The maximum Gasteiger partial charge on any atom is 0.435 e. The van der Waals surface area contributed by atoms with E-state index in [-0.39, 0.29) is 28.0 Å². The minimum atomic E-state index is -4.75. The molecule has 0 radical (unpaired) electrons. The lowest BCUT2D eigenvalue weighted by Gasteiger charge is -2.10. The standard InChI is InChI=1S/C20H17F3N2O3/c1-10(2)14-16(19(27)28-18(14)26)11(3)15-12(4)25(13-8-6-5-7-9-13)24-17(15)20(21,22)23/h5-9H,1-4H3/b16-11-. The smallest absolute Gasteiger partial charge is 0.386 e. The average Bonchev–Trinajstić information content (AvgIpc) is 3.11. The van der Waals surface area contributed by atoms with Crippen LogP contribution in [-0.4, -0.2) is 21.7 Å². The van der Waals surface area contributed by atoms with Crippen molar-refractivity contribution in [2.45, 2.75) is 33.9 Å². The summed E-state index contributed by atoms with van der Waals surface area (Å²) >= 11 is 0. The summed E-state index contributed by atoms with van der Waals surface area (Å²) in [5.74, 6) is -1.82. The van der Waals surface area contributed by atoms with Crippen molar-refractivity contribution in [2.75, 3.05) is 0 Å². The Bertz CT molecular complexity index is 1040. The molecule has 0 atom stereocenters. The molecule has 0 saturated carbocycles. The Morgan fingerprint density at radius 3 is 2.11 bits per heavy atom. The molecule has 5 nitrogen and oxygen atoms in total. The lowest BCUT2D eigenvalue weighted by Crippen LogP contribution is -2.10. The number of rotatable bonds is 2. The molecule has 146 valence electrons. The summed E-state index contributed by atoms with van der Waals surface area (Å²) in [4.78, 5) is 24.2. The number of alkyl halides is 3. The summed E-state index contributed by atoms with van der Waals surface area (Å²) in [5, 5.41) is 3.76. The molecule has 1 aliphatic rings. The molecule has 1 aliphatic heterocycles. The Balaban J connectivity index is 2.35. The predicted octanol–water partition coefficient (Wildman–Crippen LogP) is 4.39. The Morgan fingerprint density at radius 1 is 1.00 bits per heavy atom. The molecule has 28 heavy (non-hydrogen) atoms. The van der Waals surface area contributed by atoms with Crippen LogP contribution in [0, 0.1) is 6.92 Å². The van der Waals surface area contributed by atoms with Crippen LogP contribution >= 0.6 is 0 Å². The van der Waals surface area contributed by atoms with Gasteiger partial charge in [-0.05, 0) is 45.4 Å². The number of hydrogen-bond acceptors (Lipinski definition) is 4. The number of carbonyl (C=O) groups excluding carboxylic acids is 2. The van der Waals surface area contributed by atoms with Crippen LogP contribution in [0.5, 0.6) is 0 Å². The first kappa shape index (κ1) is 19.6. The van der Waals surface area contributed by atoms with Crippen molar-refractivity contribution in [1.82, 2.24) is 9.78 Å². The zero-order valence-electron chi connectivity index (χ0n) is 15.6. The van der Waals surface area contributed by atoms with Gasteiger partial charge in [0.15, 0.2) is 5.69 Å². The summed E-state index contributed by atoms with van der Waals surface area (Å²) in [6, 6.07) is 8.36. The van der Waals surface area contributed by atoms with Crippen molar-refractivity contribution in [2.24, 2.45) is 0 Å². The Hall–Kier alpha value is -3.16. The van der Waals surface area contributed by atoms with Gasteiger partial charge >= 0.3 is 18.1 Å². The summed E-state index contributed by atoms with van der Waals surface area (Å²) in [6.45, 7) is 6.03. The maximum atomic E-state index is 13.7. The molecule has 2 heterocycles. The fourth-order valence-electron chi connectivity index (χ4n) is 3.28. The van der Waals surface area contributed by atoms with Crippen LogP contribution in [0.2, 0.25) is 0 Å². The van der Waals surface area contributed by atoms with E-state index in [1.165, 1.54) is 18.5 Å². The number of ether oxygens (including phenoxy) is 1. The molecule has 2 aromatic rings. The molecule has 1 aromatic carbocycles. The van der Waals surface area contributed by atoms with E-state index in [0.717, 1.165) is 0 Å². The van der Waals surface area contributed by atoms with Crippen molar-refractivity contribution in [3.63, 3.8) is 0 Å². The molecule has 1 fully saturated rings. The van der Waals surface area contributed by atoms with E-state index in [9.17, 15) is 22.8 Å². The summed E-state index contributed by atoms with van der Waals surface area (Å²) in [7, 11) is 0. The monoisotopic (exact) mass is 390 g/mol. The van der Waals surface area contributed by atoms with Gasteiger partial charge in [0.1, 0.15) is 0 Å². The molecular formula is C20H17F3N2O3. The number of benzene rings is 1. The summed E-state index contributed by atoms with van der Waals surface area (Å²) in [5.41, 5.74) is -0.415. The zero-order valence-corrected chi connectivity index (χ0v) is 15.6. The molecule has 0 N–H and O–H groups in total. The van der Waals surface area contributed by atoms with E-state index < -0.39 is 23.8 Å². The molecule has 1 saturated heterocycles. The van der Waals surface area contributed by atoms with Gasteiger partial charge in [0.2, 0.25) is 0 Å². The largest absolute Gasteiger partial charge is 0.435 e. The van der Waals surface area contributed by atoms with Crippen molar-refractivity contribution in [3.05, 3.63) is 64.0 Å². The minimum Gasteiger partial charge on any atom is -0.386 e. The van der Waals surface area contributed by atoms with Crippen LogP contribution in [-0.2, 0) is 20.5 Å². The first-order valence-electron chi connectivity index (χ1n) is 8.41. The number of aromatic nitrogens is 2. The lowest BCUT2D eigenvalue weighted by molar-refractivity contribution is -0.150. The molecule has 0 aliphatic carbocycles. The number of esters is 2. The van der Waals surface area contributed by atoms with Crippen molar-refractivity contribution < 1.29 is 27.5 Å². The summed E-state index contributed by atoms with van der Waals surface area (Å²) < 4.78 is 47.0. The Morgan fingerprint density at radius 2 is 1.57 bits per heavy atom. The van der Waals surface area contributed by atoms with Crippen molar-refractivity contribution in [3.8, 4) is 5.69 Å². The third-order valence-electron chi connectivity index (χ3n) is 4.48. The van der Waals surface area contributed by atoms with Gasteiger partial charge in [0, 0.05) is 11.3 Å². The highest BCUT2D eigenvalue weighted by molar-refractivity contribution is 6.22. The number of cyclic esters (lactones) is 2. The number of allylic oxidation sites excluding steroid dienone is 2. The van der Waals surface area contributed by atoms with Crippen LogP contribution in [0.25, 0.3) is 11.3 Å². The molecular weight excluding hydrogens is 373 g/mol. The number of nitrogens with zero attached hydrogens (tertiary/aromatic N) is 2. The van der Waals surface area contributed by atoms with Crippen molar-refractivity contribution in [1.29, 1.82) is 0 Å². The van der Waals surface area contributed by atoms with Crippen LogP contribution in [0.15, 0.2) is 47.1 Å². The zero-order chi connectivity index (χ0) is 20.8. The highest BCUT2D eigenvalue weighted by atomic mass is 19.4. The topological polar surface area (TPSA) is 61.2 Å². The molecule has 0 bridgehead atoms. The third-order valence-corrected chi connectivity index (χ3v) is 4.48. The van der Waals surface area contributed by atoms with Gasteiger partial charge in [0.05, 0.1) is 16.8 Å². The average molecular weight is 390 g/mol. The van der Waals surface area contributed by atoms with Gasteiger partial charge in [-0.3, -0.25) is 0 Å². The highest BCUT2D eigenvalue weighted by Crippen LogP contribution is 2.40. The van der Waals surface area contributed by atoms with Gasteiger partial charge in [-0.25, -0.2) is 14.3 Å². The van der Waals surface area contributed by atoms with Gasteiger partial charge < -0.3 is 4.74 Å². The molecule has 0 amide bonds. The fourth-order valence-corrected chi connectivity index (χ4v) is 3.28. The van der Waals surface area contributed by atoms with E-state index in [4.69, 9.17) is 0 Å². The molecule has 0 unspecified atom stereocenters. The van der Waals surface area contributed by atoms with E-state index in [0.29, 0.717) is 11.3 Å². The van der Waals surface area contributed by atoms with Crippen LogP contribution in [0.1, 0.15) is 37.7 Å². The number of halogens is 3. The molecule has 8 heteroatoms. The second kappa shape index (κ2) is 6.78. The molecule has 0 spiro atoms. The molecule has 1 aromatic heterocycles. The van der Waals surface area contributed by atoms with Gasteiger partial charge in [-0.15, -0.1) is 0 Å². The first-order chi connectivity index (χ1) is 13.0. The van der Waals surface area contributed by atoms with Gasteiger partial charge in [-0.2, -0.15) is 18.3 Å². The van der Waals surface area contributed by atoms with Crippen LogP contribution < -0.4 is 0 Å². The van der Waals surface area contributed by atoms with E-state index in [1.807, 2.05) is 0 Å². The van der Waals surface area contributed by atoms with Gasteiger partial charge in [-0.1, -0.05) is 23.8 Å². The number of hydrogen-bond donors (Lipinski definition) is 0. The van der Waals surface area contributed by atoms with Crippen LogP contribution in [0.3, 0.4) is 0 Å². The van der Waals surface area contributed by atoms with Crippen molar-refractivity contribution >= 4 is 17.5 Å². The fraction of sp³-hybridized carbons (Fsp3) is 0.250. The summed E-state index contributed by atoms with van der Waals surface area (Å²) in [6.07, 6.45) is -4.75. The van der Waals surface area contributed by atoms with Gasteiger partial charge in [0.25, 0.3) is 0 Å². The maximum absolute atomic E-state index is 13.7. The first-order valence-corrected chi connectivity index (χ1v) is 8.41.